The van der Waals surface area contributed by atoms with E-state index in [9.17, 15) is 14.4 Å². The third kappa shape index (κ3) is 3.54. The highest BCUT2D eigenvalue weighted by Crippen LogP contribution is 2.34. The average molecular weight is 448 g/mol. The van der Waals surface area contributed by atoms with Crippen LogP contribution in [0.15, 0.2) is 58.3 Å². The number of nitrogens with one attached hydrogen (secondary N) is 1. The molecule has 0 atom stereocenters. The van der Waals surface area contributed by atoms with E-state index in [0.717, 1.165) is 36.4 Å². The molecule has 1 aliphatic carbocycles. The number of aromatic nitrogens is 4. The Hall–Kier alpha value is -3.59. The van der Waals surface area contributed by atoms with Gasteiger partial charge in [0.1, 0.15) is 16.9 Å². The summed E-state index contributed by atoms with van der Waals surface area (Å²) in [4.78, 5) is 43.8. The first-order valence-electron chi connectivity index (χ1n) is 10.5. The maximum Gasteiger partial charge on any atom is 0.332 e. The predicted molar refractivity (Wildman–Crippen MR) is 124 cm³/mol. The third-order valence-electron chi connectivity index (χ3n) is 5.58. The van der Waals surface area contributed by atoms with Gasteiger partial charge in [0.25, 0.3) is 5.56 Å². The molecule has 1 saturated carbocycles. The van der Waals surface area contributed by atoms with Crippen LogP contribution >= 0.6 is 11.5 Å². The number of carbonyl (C=O) groups excluding carboxylic acids is 1. The lowest BCUT2D eigenvalue weighted by Gasteiger charge is -2.14. The van der Waals surface area contributed by atoms with Crippen molar-refractivity contribution < 1.29 is 4.79 Å². The van der Waals surface area contributed by atoms with Crippen molar-refractivity contribution in [2.24, 2.45) is 0 Å². The second kappa shape index (κ2) is 8.16. The van der Waals surface area contributed by atoms with Gasteiger partial charge in [-0.1, -0.05) is 31.2 Å². The molecule has 5 rings (SSSR count). The highest BCUT2D eigenvalue weighted by molar-refractivity contribution is 7.13. The Morgan fingerprint density at radius 2 is 1.94 bits per heavy atom. The summed E-state index contributed by atoms with van der Waals surface area (Å²) in [5.74, 6) is -0.339. The van der Waals surface area contributed by atoms with Crippen LogP contribution in [0.4, 0.5) is 5.69 Å². The summed E-state index contributed by atoms with van der Waals surface area (Å²) in [6.07, 6.45) is 3.96. The molecule has 0 radical (unpaired) electrons. The number of hydrogen-bond acceptors (Lipinski definition) is 6. The van der Waals surface area contributed by atoms with Crippen molar-refractivity contribution in [1.82, 2.24) is 18.5 Å². The molecule has 9 heteroatoms. The first-order valence-corrected chi connectivity index (χ1v) is 11.3. The predicted octanol–water partition coefficient (Wildman–Crippen LogP) is 3.22. The fraction of sp³-hybridized carbons (Fsp3) is 0.261. The van der Waals surface area contributed by atoms with Crippen LogP contribution in [0, 0.1) is 0 Å². The lowest BCUT2D eigenvalue weighted by atomic mass is 10.1. The van der Waals surface area contributed by atoms with Gasteiger partial charge < -0.3 is 5.32 Å². The van der Waals surface area contributed by atoms with Gasteiger partial charge in [-0.25, -0.2) is 4.79 Å². The molecule has 0 saturated heterocycles. The lowest BCUT2D eigenvalue weighted by molar-refractivity contribution is -0.116. The summed E-state index contributed by atoms with van der Waals surface area (Å²) in [6.45, 7) is 1.79. The Kier molecular flexibility index (Phi) is 5.18. The number of para-hydroxylation sites is 1. The zero-order valence-corrected chi connectivity index (χ0v) is 18.3. The number of anilines is 1. The fourth-order valence-electron chi connectivity index (χ4n) is 3.85. The number of hydrogen-bond donors (Lipinski definition) is 1. The summed E-state index contributed by atoms with van der Waals surface area (Å²) in [5.41, 5.74) is 2.23. The highest BCUT2D eigenvalue weighted by atomic mass is 32.1. The van der Waals surface area contributed by atoms with Gasteiger partial charge in [0, 0.05) is 17.9 Å². The summed E-state index contributed by atoms with van der Waals surface area (Å²) in [7, 11) is 0. The molecule has 3 heterocycles. The van der Waals surface area contributed by atoms with Crippen LogP contribution < -0.4 is 16.6 Å². The van der Waals surface area contributed by atoms with Crippen LogP contribution in [0.25, 0.3) is 21.6 Å². The van der Waals surface area contributed by atoms with E-state index >= 15 is 0 Å². The Bertz CT molecular complexity index is 1430. The third-order valence-corrected chi connectivity index (χ3v) is 6.41. The molecule has 0 unspecified atom stereocenters. The summed E-state index contributed by atoms with van der Waals surface area (Å²) in [5, 5.41) is 2.91. The van der Waals surface area contributed by atoms with Gasteiger partial charge in [-0.3, -0.25) is 23.7 Å². The maximum absolute atomic E-state index is 13.4. The normalized spacial score (nSPS) is 13.4. The number of amides is 1. The van der Waals surface area contributed by atoms with E-state index in [1.807, 2.05) is 37.3 Å². The van der Waals surface area contributed by atoms with Crippen molar-refractivity contribution in [3.8, 4) is 11.4 Å². The van der Waals surface area contributed by atoms with E-state index in [1.54, 1.807) is 18.3 Å². The Balaban J connectivity index is 1.64. The molecule has 1 N–H and O–H groups in total. The number of rotatable bonds is 6. The number of nitrogens with zero attached hydrogens (tertiary/aromatic N) is 4. The van der Waals surface area contributed by atoms with Crippen molar-refractivity contribution in [2.75, 3.05) is 5.32 Å². The maximum atomic E-state index is 13.4. The summed E-state index contributed by atoms with van der Waals surface area (Å²) >= 11 is 1.04. The average Bonchev–Trinajstić information content (AvgIpc) is 3.54. The molecule has 0 bridgehead atoms. The molecule has 1 aromatic carbocycles. The number of fused-ring (bicyclic) bond motifs is 1. The largest absolute Gasteiger partial charge is 0.332 e. The molecule has 162 valence electrons. The van der Waals surface area contributed by atoms with Gasteiger partial charge in [0.15, 0.2) is 0 Å². The zero-order chi connectivity index (χ0) is 22.2. The van der Waals surface area contributed by atoms with Crippen molar-refractivity contribution in [2.45, 2.75) is 38.8 Å². The molecule has 8 nitrogen and oxygen atoms in total. The van der Waals surface area contributed by atoms with Crippen LogP contribution in [0.5, 0.6) is 0 Å². The second-order valence-corrected chi connectivity index (χ2v) is 8.53. The van der Waals surface area contributed by atoms with Gasteiger partial charge in [-0.2, -0.15) is 4.37 Å². The first kappa shape index (κ1) is 20.3. The first-order chi connectivity index (χ1) is 15.6. The molecule has 0 spiro atoms. The molecule has 1 amide bonds. The Morgan fingerprint density at radius 1 is 1.16 bits per heavy atom. The van der Waals surface area contributed by atoms with E-state index in [-0.39, 0.29) is 24.1 Å². The molecular formula is C23H21N5O3S. The standard InChI is InChI=1S/C23H21N5O3S/c1-2-14-7-3-4-8-16(14)25-18(29)13-27-20-19(17-9-5-6-12-24-17)26-32-21(20)22(30)28(23(27)31)15-10-11-15/h3-9,12,15H,2,10-11,13H2,1H3,(H,25,29). The van der Waals surface area contributed by atoms with Gasteiger partial charge in [0.05, 0.1) is 11.2 Å². The number of benzene rings is 1. The van der Waals surface area contributed by atoms with Crippen LogP contribution in [-0.4, -0.2) is 24.4 Å². The van der Waals surface area contributed by atoms with Crippen molar-refractivity contribution in [1.29, 1.82) is 0 Å². The quantitative estimate of drug-likeness (QED) is 0.489. The fourth-order valence-corrected chi connectivity index (χ4v) is 4.69. The number of aryl methyl sites for hydroxylation is 1. The molecule has 4 aromatic rings. The SMILES string of the molecule is CCc1ccccc1NC(=O)Cn1c(=O)n(C2CC2)c(=O)c2snc(-c3ccccn3)c21. The van der Waals surface area contributed by atoms with Crippen LogP contribution in [0.1, 0.15) is 31.4 Å². The molecule has 3 aromatic heterocycles. The highest BCUT2D eigenvalue weighted by Gasteiger charge is 2.31. The van der Waals surface area contributed by atoms with Crippen LogP contribution in [-0.2, 0) is 17.8 Å². The molecule has 0 aliphatic heterocycles. The monoisotopic (exact) mass is 447 g/mol. The van der Waals surface area contributed by atoms with E-state index in [2.05, 4.69) is 14.7 Å². The van der Waals surface area contributed by atoms with Crippen LogP contribution in [0.2, 0.25) is 0 Å². The van der Waals surface area contributed by atoms with Crippen molar-refractivity contribution in [3.63, 3.8) is 0 Å². The lowest BCUT2D eigenvalue weighted by Crippen LogP contribution is -2.41. The Labute approximate surface area is 187 Å². The summed E-state index contributed by atoms with van der Waals surface area (Å²) < 4.78 is 7.44. The van der Waals surface area contributed by atoms with Crippen molar-refractivity contribution >= 4 is 33.3 Å². The van der Waals surface area contributed by atoms with E-state index in [1.165, 1.54) is 9.13 Å². The smallest absolute Gasteiger partial charge is 0.324 e. The van der Waals surface area contributed by atoms with Gasteiger partial charge in [-0.05, 0) is 54.6 Å². The molecule has 1 aliphatic rings. The number of pyridine rings is 1. The minimum atomic E-state index is -0.485. The molecule has 32 heavy (non-hydrogen) atoms. The van der Waals surface area contributed by atoms with E-state index < -0.39 is 5.69 Å². The zero-order valence-electron chi connectivity index (χ0n) is 17.4. The topological polar surface area (TPSA) is 98.9 Å². The van der Waals surface area contributed by atoms with Crippen LogP contribution in [0.3, 0.4) is 0 Å². The van der Waals surface area contributed by atoms with E-state index in [4.69, 9.17) is 0 Å². The molecular weight excluding hydrogens is 426 g/mol. The van der Waals surface area contributed by atoms with Gasteiger partial charge in [-0.15, -0.1) is 0 Å². The second-order valence-electron chi connectivity index (χ2n) is 7.76. The minimum absolute atomic E-state index is 0.116. The minimum Gasteiger partial charge on any atom is -0.324 e. The summed E-state index contributed by atoms with van der Waals surface area (Å²) in [6, 6.07) is 12.8. The number of carbonyl (C=O) groups is 1. The van der Waals surface area contributed by atoms with Gasteiger partial charge in [0.2, 0.25) is 5.91 Å². The van der Waals surface area contributed by atoms with E-state index in [0.29, 0.717) is 27.3 Å². The molecule has 1 fully saturated rings. The van der Waals surface area contributed by atoms with Gasteiger partial charge >= 0.3 is 5.69 Å². The van der Waals surface area contributed by atoms with Crippen molar-refractivity contribution in [3.05, 3.63) is 75.1 Å². The Morgan fingerprint density at radius 3 is 2.66 bits per heavy atom.